The summed E-state index contributed by atoms with van der Waals surface area (Å²) in [6.45, 7) is 0.625. The molecule has 2 aromatic carbocycles. The van der Waals surface area contributed by atoms with Crippen molar-refractivity contribution in [2.75, 3.05) is 25.5 Å². The summed E-state index contributed by atoms with van der Waals surface area (Å²) < 4.78 is 26.9. The van der Waals surface area contributed by atoms with E-state index in [1.807, 2.05) is 0 Å². The second-order valence-electron chi connectivity index (χ2n) is 5.67. The van der Waals surface area contributed by atoms with Crippen LogP contribution in [0.15, 0.2) is 42.5 Å². The molecule has 0 spiro atoms. The molecule has 0 bridgehead atoms. The third-order valence-electron chi connectivity index (χ3n) is 3.54. The third kappa shape index (κ3) is 5.22. The number of hydrogen-bond donors (Lipinski definition) is 2. The van der Waals surface area contributed by atoms with E-state index in [1.54, 1.807) is 43.3 Å². The Balaban J connectivity index is 1.76. The standard InChI is InChI=1S/C18H21F2N3O/c1-23(2)17-7-6-14(11-16(17)20)12-22-18(24)21-9-8-13-4-3-5-15(19)10-13/h3-7,10-11H,8-9,12H2,1-2H3,(H2,21,22,24). The largest absolute Gasteiger partial charge is 0.375 e. The molecule has 0 unspecified atom stereocenters. The molecular formula is C18H21F2N3O. The van der Waals surface area contributed by atoms with Crippen LogP contribution in [0, 0.1) is 11.6 Å². The average molecular weight is 333 g/mol. The molecule has 0 atom stereocenters. The van der Waals surface area contributed by atoms with E-state index in [0.717, 1.165) is 5.56 Å². The van der Waals surface area contributed by atoms with Gasteiger partial charge in [0.05, 0.1) is 5.69 Å². The summed E-state index contributed by atoms with van der Waals surface area (Å²) in [5.41, 5.74) is 1.99. The van der Waals surface area contributed by atoms with E-state index in [9.17, 15) is 13.6 Å². The molecule has 0 fully saturated rings. The van der Waals surface area contributed by atoms with E-state index in [4.69, 9.17) is 0 Å². The number of anilines is 1. The van der Waals surface area contributed by atoms with Crippen molar-refractivity contribution in [1.29, 1.82) is 0 Å². The van der Waals surface area contributed by atoms with Crippen molar-refractivity contribution in [2.24, 2.45) is 0 Å². The first-order valence-corrected chi connectivity index (χ1v) is 7.67. The van der Waals surface area contributed by atoms with Crippen LogP contribution in [0.4, 0.5) is 19.3 Å². The van der Waals surface area contributed by atoms with Crippen molar-refractivity contribution >= 4 is 11.7 Å². The molecule has 0 heterocycles. The molecule has 24 heavy (non-hydrogen) atoms. The van der Waals surface area contributed by atoms with Gasteiger partial charge >= 0.3 is 6.03 Å². The van der Waals surface area contributed by atoms with Gasteiger partial charge in [0, 0.05) is 27.2 Å². The van der Waals surface area contributed by atoms with Crippen molar-refractivity contribution in [2.45, 2.75) is 13.0 Å². The first kappa shape index (κ1) is 17.7. The van der Waals surface area contributed by atoms with Crippen molar-refractivity contribution in [3.63, 3.8) is 0 Å². The quantitative estimate of drug-likeness (QED) is 0.853. The minimum absolute atomic E-state index is 0.233. The SMILES string of the molecule is CN(C)c1ccc(CNC(=O)NCCc2cccc(F)c2)cc1F. The Labute approximate surface area is 140 Å². The first-order valence-electron chi connectivity index (χ1n) is 7.67. The molecule has 2 rings (SSSR count). The van der Waals surface area contributed by atoms with Crippen LogP contribution in [0.1, 0.15) is 11.1 Å². The topological polar surface area (TPSA) is 44.4 Å². The van der Waals surface area contributed by atoms with Gasteiger partial charge in [0.1, 0.15) is 11.6 Å². The summed E-state index contributed by atoms with van der Waals surface area (Å²) in [5.74, 6) is -0.619. The monoisotopic (exact) mass is 333 g/mol. The first-order chi connectivity index (χ1) is 11.5. The predicted molar refractivity (Wildman–Crippen MR) is 91.1 cm³/mol. The van der Waals surface area contributed by atoms with E-state index in [1.165, 1.54) is 18.2 Å². The van der Waals surface area contributed by atoms with Crippen molar-refractivity contribution in [3.05, 3.63) is 65.2 Å². The van der Waals surface area contributed by atoms with Crippen LogP contribution >= 0.6 is 0 Å². The number of nitrogens with one attached hydrogen (secondary N) is 2. The summed E-state index contributed by atoms with van der Waals surface area (Å²) in [4.78, 5) is 13.4. The highest BCUT2D eigenvalue weighted by Crippen LogP contribution is 2.18. The van der Waals surface area contributed by atoms with E-state index in [0.29, 0.717) is 24.2 Å². The molecule has 2 amide bonds. The van der Waals surface area contributed by atoms with E-state index < -0.39 is 0 Å². The van der Waals surface area contributed by atoms with E-state index in [2.05, 4.69) is 10.6 Å². The van der Waals surface area contributed by atoms with Crippen LogP contribution in [0.5, 0.6) is 0 Å². The summed E-state index contributed by atoms with van der Waals surface area (Å²) >= 11 is 0. The lowest BCUT2D eigenvalue weighted by Gasteiger charge is -2.14. The molecule has 0 aliphatic carbocycles. The molecule has 128 valence electrons. The van der Waals surface area contributed by atoms with Crippen LogP contribution < -0.4 is 15.5 Å². The van der Waals surface area contributed by atoms with Crippen LogP contribution in [0.3, 0.4) is 0 Å². The third-order valence-corrected chi connectivity index (χ3v) is 3.54. The predicted octanol–water partition coefficient (Wildman–Crippen LogP) is 3.07. The van der Waals surface area contributed by atoms with Crippen molar-refractivity contribution < 1.29 is 13.6 Å². The highest BCUT2D eigenvalue weighted by Gasteiger charge is 2.06. The summed E-state index contributed by atoms with van der Waals surface area (Å²) in [6.07, 6.45) is 0.539. The average Bonchev–Trinajstić information content (AvgIpc) is 2.53. The Morgan fingerprint density at radius 1 is 1.04 bits per heavy atom. The number of carbonyl (C=O) groups is 1. The lowest BCUT2D eigenvalue weighted by atomic mass is 10.1. The number of benzene rings is 2. The van der Waals surface area contributed by atoms with Gasteiger partial charge in [-0.1, -0.05) is 18.2 Å². The molecule has 0 saturated heterocycles. The van der Waals surface area contributed by atoms with Gasteiger partial charge in [0.15, 0.2) is 0 Å². The number of hydrogen-bond acceptors (Lipinski definition) is 2. The number of carbonyl (C=O) groups excluding carboxylic acids is 1. The summed E-state index contributed by atoms with van der Waals surface area (Å²) in [6, 6.07) is 10.8. The van der Waals surface area contributed by atoms with E-state index in [-0.39, 0.29) is 24.2 Å². The molecule has 6 heteroatoms. The Morgan fingerprint density at radius 2 is 1.83 bits per heavy atom. The zero-order valence-electron chi connectivity index (χ0n) is 13.8. The Morgan fingerprint density at radius 3 is 2.50 bits per heavy atom. The van der Waals surface area contributed by atoms with Gasteiger partial charge in [0.25, 0.3) is 0 Å². The molecule has 0 radical (unpaired) electrons. The van der Waals surface area contributed by atoms with Crippen LogP contribution in [-0.4, -0.2) is 26.7 Å². The van der Waals surface area contributed by atoms with Gasteiger partial charge < -0.3 is 15.5 Å². The number of halogens is 2. The Kier molecular flexibility index (Phi) is 6.12. The molecular weight excluding hydrogens is 312 g/mol. The number of amides is 2. The van der Waals surface area contributed by atoms with Gasteiger partial charge in [-0.2, -0.15) is 0 Å². The van der Waals surface area contributed by atoms with Gasteiger partial charge in [-0.05, 0) is 41.8 Å². The zero-order valence-corrected chi connectivity index (χ0v) is 13.8. The Hall–Kier alpha value is -2.63. The molecule has 2 aromatic rings. The molecule has 0 saturated carbocycles. The highest BCUT2D eigenvalue weighted by atomic mass is 19.1. The second-order valence-corrected chi connectivity index (χ2v) is 5.67. The lowest BCUT2D eigenvalue weighted by Crippen LogP contribution is -2.36. The smallest absolute Gasteiger partial charge is 0.315 e. The maximum Gasteiger partial charge on any atom is 0.315 e. The van der Waals surface area contributed by atoms with Gasteiger partial charge in [-0.3, -0.25) is 0 Å². The molecule has 2 N–H and O–H groups in total. The van der Waals surface area contributed by atoms with Gasteiger partial charge in [-0.25, -0.2) is 13.6 Å². The van der Waals surface area contributed by atoms with E-state index >= 15 is 0 Å². The highest BCUT2D eigenvalue weighted by molar-refractivity contribution is 5.73. The maximum absolute atomic E-state index is 13.8. The molecule has 4 nitrogen and oxygen atoms in total. The fourth-order valence-electron chi connectivity index (χ4n) is 2.28. The fraction of sp³-hybridized carbons (Fsp3) is 0.278. The fourth-order valence-corrected chi connectivity index (χ4v) is 2.28. The number of nitrogens with zero attached hydrogens (tertiary/aromatic N) is 1. The normalized spacial score (nSPS) is 10.3. The summed E-state index contributed by atoms with van der Waals surface area (Å²) in [7, 11) is 3.53. The second kappa shape index (κ2) is 8.29. The van der Waals surface area contributed by atoms with Crippen molar-refractivity contribution in [3.8, 4) is 0 Å². The minimum Gasteiger partial charge on any atom is -0.375 e. The van der Waals surface area contributed by atoms with Crippen molar-refractivity contribution in [1.82, 2.24) is 10.6 Å². The van der Waals surface area contributed by atoms with Gasteiger partial charge in [-0.15, -0.1) is 0 Å². The van der Waals surface area contributed by atoms with Crippen LogP contribution in [0.2, 0.25) is 0 Å². The maximum atomic E-state index is 13.8. The molecule has 0 aliphatic rings. The Bertz CT molecular complexity index is 704. The van der Waals surface area contributed by atoms with Gasteiger partial charge in [0.2, 0.25) is 0 Å². The summed E-state index contributed by atoms with van der Waals surface area (Å²) in [5, 5.41) is 5.36. The minimum atomic E-state index is -0.344. The lowest BCUT2D eigenvalue weighted by molar-refractivity contribution is 0.240. The van der Waals surface area contributed by atoms with Crippen LogP contribution in [0.25, 0.3) is 0 Å². The molecule has 0 aliphatic heterocycles. The number of urea groups is 1. The van der Waals surface area contributed by atoms with Crippen LogP contribution in [-0.2, 0) is 13.0 Å². The molecule has 0 aromatic heterocycles. The zero-order chi connectivity index (χ0) is 17.5. The number of rotatable bonds is 6.